The van der Waals surface area contributed by atoms with Crippen molar-refractivity contribution in [3.05, 3.63) is 53.1 Å². The first-order chi connectivity index (χ1) is 19.7. The van der Waals surface area contributed by atoms with Crippen molar-refractivity contribution in [3.63, 3.8) is 0 Å². The van der Waals surface area contributed by atoms with Crippen LogP contribution in [-0.4, -0.2) is 68.4 Å². The lowest BCUT2D eigenvalue weighted by Gasteiger charge is -2.31. The molecule has 9 heteroatoms. The average Bonchev–Trinajstić information content (AvgIpc) is 3.57. The Balaban J connectivity index is 1.34. The summed E-state index contributed by atoms with van der Waals surface area (Å²) in [6.45, 7) is 5.28. The number of methoxy groups -OCH3 is 1. The van der Waals surface area contributed by atoms with E-state index < -0.39 is 16.1 Å². The topological polar surface area (TPSA) is 83.9 Å². The van der Waals surface area contributed by atoms with Gasteiger partial charge in [-0.3, -0.25) is 4.79 Å². The van der Waals surface area contributed by atoms with Crippen LogP contribution in [0.25, 0.3) is 22.2 Å². The molecule has 3 heterocycles. The van der Waals surface area contributed by atoms with E-state index >= 15 is 0 Å². The maximum Gasteiger partial charge on any atom is 0.304 e. The van der Waals surface area contributed by atoms with Crippen molar-refractivity contribution in [1.29, 1.82) is 0 Å². The molecule has 2 saturated carbocycles. The minimum absolute atomic E-state index is 0.130. The second kappa shape index (κ2) is 9.85. The summed E-state index contributed by atoms with van der Waals surface area (Å²) in [7, 11) is -0.214. The van der Waals surface area contributed by atoms with Crippen molar-refractivity contribution in [2.75, 3.05) is 40.3 Å². The highest BCUT2D eigenvalue weighted by Crippen LogP contribution is 2.65. The van der Waals surface area contributed by atoms with E-state index in [0.29, 0.717) is 43.6 Å². The third-order valence-corrected chi connectivity index (χ3v) is 11.7. The van der Waals surface area contributed by atoms with Crippen molar-refractivity contribution in [2.24, 2.45) is 5.41 Å². The maximum atomic E-state index is 13.4. The predicted molar refractivity (Wildman–Crippen MR) is 161 cm³/mol. The Hall–Kier alpha value is -2.88. The van der Waals surface area contributed by atoms with Gasteiger partial charge in [0, 0.05) is 54.8 Å². The molecule has 4 aliphatic rings. The number of ether oxygens (including phenoxy) is 1. The Bertz CT molecular complexity index is 1630. The van der Waals surface area contributed by atoms with Crippen LogP contribution in [0.3, 0.4) is 0 Å². The van der Waals surface area contributed by atoms with Crippen molar-refractivity contribution in [2.45, 2.75) is 63.8 Å². The van der Waals surface area contributed by atoms with Crippen LogP contribution in [0.1, 0.15) is 78.8 Å². The quantitative estimate of drug-likeness (QED) is 0.457. The minimum atomic E-state index is -3.91. The van der Waals surface area contributed by atoms with E-state index in [1.165, 1.54) is 64.2 Å². The fraction of sp³-hybridized carbons (Fsp3) is 0.531. The highest BCUT2D eigenvalue weighted by molar-refractivity contribution is 7.87. The lowest BCUT2D eigenvalue weighted by molar-refractivity contribution is 0.0977. The number of hydrogen-bond donors (Lipinski definition) is 1. The highest BCUT2D eigenvalue weighted by atomic mass is 32.2. The number of nitrogens with zero attached hydrogens (tertiary/aromatic N) is 3. The number of amides is 1. The van der Waals surface area contributed by atoms with E-state index in [1.54, 1.807) is 13.2 Å². The fourth-order valence-electron chi connectivity index (χ4n) is 7.65. The zero-order valence-corrected chi connectivity index (χ0v) is 25.1. The Labute approximate surface area is 242 Å². The summed E-state index contributed by atoms with van der Waals surface area (Å²) in [4.78, 5) is 15.5. The first-order valence-electron chi connectivity index (χ1n) is 15.0. The van der Waals surface area contributed by atoms with Gasteiger partial charge in [0.2, 0.25) is 0 Å². The van der Waals surface area contributed by atoms with Gasteiger partial charge in [-0.2, -0.15) is 12.7 Å². The number of rotatable bonds is 5. The number of fused-ring (bicyclic) bond motifs is 7. The van der Waals surface area contributed by atoms with E-state index in [4.69, 9.17) is 4.74 Å². The second-order valence-electron chi connectivity index (χ2n) is 12.9. The van der Waals surface area contributed by atoms with Gasteiger partial charge in [0.1, 0.15) is 5.75 Å². The number of carbonyl (C=O) groups is 1. The van der Waals surface area contributed by atoms with Gasteiger partial charge >= 0.3 is 10.2 Å². The fourth-order valence-corrected chi connectivity index (χ4v) is 8.77. The Morgan fingerprint density at radius 3 is 2.51 bits per heavy atom. The summed E-state index contributed by atoms with van der Waals surface area (Å²) in [5.41, 5.74) is 6.85. The zero-order valence-electron chi connectivity index (χ0n) is 24.3. The van der Waals surface area contributed by atoms with Gasteiger partial charge in [0.05, 0.1) is 12.8 Å². The summed E-state index contributed by atoms with van der Waals surface area (Å²) in [5.74, 6) is 1.26. The van der Waals surface area contributed by atoms with Crippen LogP contribution in [0.4, 0.5) is 0 Å². The largest absolute Gasteiger partial charge is 0.497 e. The molecule has 2 aliphatic heterocycles. The Morgan fingerprint density at radius 1 is 1.02 bits per heavy atom. The number of likely N-dealkylation sites (N-methyl/N-ethyl adjacent to an activating group) is 1. The van der Waals surface area contributed by atoms with Crippen molar-refractivity contribution in [3.8, 4) is 17.0 Å². The third-order valence-electron chi connectivity index (χ3n) is 10.2. The normalized spacial score (nSPS) is 25.2. The van der Waals surface area contributed by atoms with Gasteiger partial charge in [-0.1, -0.05) is 32.3 Å². The highest BCUT2D eigenvalue weighted by Gasteiger charge is 2.54. The molecular formula is C32H40N4O4S. The molecule has 218 valence electrons. The minimum Gasteiger partial charge on any atom is -0.497 e. The Kier molecular flexibility index (Phi) is 6.48. The molecule has 1 amide bonds. The molecule has 0 spiro atoms. The van der Waals surface area contributed by atoms with Crippen molar-refractivity contribution < 1.29 is 17.9 Å². The Morgan fingerprint density at radius 2 is 1.78 bits per heavy atom. The molecule has 3 aromatic rings. The van der Waals surface area contributed by atoms with Crippen LogP contribution in [0.5, 0.6) is 5.75 Å². The maximum absolute atomic E-state index is 13.4. The van der Waals surface area contributed by atoms with Gasteiger partial charge in [-0.15, -0.1) is 0 Å². The monoisotopic (exact) mass is 576 g/mol. The molecule has 2 unspecified atom stereocenters. The molecule has 1 N–H and O–H groups in total. The molecule has 1 saturated heterocycles. The van der Waals surface area contributed by atoms with Crippen LogP contribution >= 0.6 is 0 Å². The van der Waals surface area contributed by atoms with E-state index in [1.807, 2.05) is 13.1 Å². The molecule has 8 nitrogen and oxygen atoms in total. The van der Waals surface area contributed by atoms with E-state index in [2.05, 4.69) is 45.4 Å². The van der Waals surface area contributed by atoms with Crippen LogP contribution < -0.4 is 9.46 Å². The molecule has 2 aliphatic carbocycles. The van der Waals surface area contributed by atoms with E-state index in [9.17, 15) is 13.2 Å². The summed E-state index contributed by atoms with van der Waals surface area (Å²) in [6.07, 6.45) is 7.21. The van der Waals surface area contributed by atoms with Gasteiger partial charge in [-0.05, 0) is 85.0 Å². The van der Waals surface area contributed by atoms with Gasteiger partial charge in [0.15, 0.2) is 0 Å². The summed E-state index contributed by atoms with van der Waals surface area (Å²) < 4.78 is 37.9. The van der Waals surface area contributed by atoms with Crippen LogP contribution in [0.15, 0.2) is 36.4 Å². The molecule has 0 radical (unpaired) electrons. The summed E-state index contributed by atoms with van der Waals surface area (Å²) >= 11 is 0. The first kappa shape index (κ1) is 27.0. The molecule has 7 rings (SSSR count). The molecule has 1 aromatic heterocycles. The van der Waals surface area contributed by atoms with Gasteiger partial charge in [-0.25, -0.2) is 4.72 Å². The first-order valence-corrected chi connectivity index (χ1v) is 16.5. The molecule has 2 atom stereocenters. The van der Waals surface area contributed by atoms with Crippen molar-refractivity contribution >= 4 is 27.0 Å². The van der Waals surface area contributed by atoms with Crippen LogP contribution in [-0.2, 0) is 16.8 Å². The lowest BCUT2D eigenvalue weighted by atomic mass is 9.81. The van der Waals surface area contributed by atoms with E-state index in [0.717, 1.165) is 24.2 Å². The van der Waals surface area contributed by atoms with Crippen LogP contribution in [0.2, 0.25) is 0 Å². The molecule has 0 bridgehead atoms. The number of nitrogens with one attached hydrogen (secondary N) is 1. The summed E-state index contributed by atoms with van der Waals surface area (Å²) in [6, 6.07) is 12.3. The predicted octanol–water partition coefficient (Wildman–Crippen LogP) is 5.09. The smallest absolute Gasteiger partial charge is 0.304 e. The second-order valence-corrected chi connectivity index (χ2v) is 14.6. The van der Waals surface area contributed by atoms with Crippen LogP contribution in [0, 0.1) is 5.41 Å². The number of carbonyl (C=O) groups excluding carboxylic acids is 1. The third kappa shape index (κ3) is 4.57. The standard InChI is InChI=1S/C32H40N4O4S/c1-32-19-27(32)26-18-23(40-3)10-12-24(26)30-29(21-7-5-4-6-8-21)25-11-9-22(17-28(25)36(30)20-32)31(37)33-41(38,39)35-15-13-34(2)14-16-35/h9-12,17-18,21,27H,4-8,13-16,19-20H2,1-3H3,(H,33,37). The van der Waals surface area contributed by atoms with E-state index in [-0.39, 0.29) is 5.41 Å². The molecule has 3 fully saturated rings. The average molecular weight is 577 g/mol. The summed E-state index contributed by atoms with van der Waals surface area (Å²) in [5, 5.41) is 1.19. The molecule has 41 heavy (non-hydrogen) atoms. The van der Waals surface area contributed by atoms with Gasteiger partial charge < -0.3 is 14.2 Å². The van der Waals surface area contributed by atoms with Gasteiger partial charge in [0.25, 0.3) is 5.91 Å². The number of benzene rings is 2. The number of aromatic nitrogens is 1. The zero-order chi connectivity index (χ0) is 28.5. The SMILES string of the molecule is COc1ccc2c(c1)C1CC1(C)Cn1c-2c(C2CCCCC2)c2ccc(C(=O)NS(=O)(=O)N3CCN(C)CC3)cc21. The van der Waals surface area contributed by atoms with Crippen molar-refractivity contribution in [1.82, 2.24) is 18.5 Å². The molecular weight excluding hydrogens is 536 g/mol. The number of piperazine rings is 1. The molecule has 2 aromatic carbocycles. The number of hydrogen-bond acceptors (Lipinski definition) is 5. The lowest BCUT2D eigenvalue weighted by Crippen LogP contribution is -2.52.